The van der Waals surface area contributed by atoms with Crippen LogP contribution in [0.25, 0.3) is 5.57 Å². The lowest BCUT2D eigenvalue weighted by Crippen LogP contribution is -2.47. The molecule has 2 aliphatic rings. The van der Waals surface area contributed by atoms with Crippen LogP contribution in [0.2, 0.25) is 0 Å². The summed E-state index contributed by atoms with van der Waals surface area (Å²) >= 11 is 0. The summed E-state index contributed by atoms with van der Waals surface area (Å²) < 4.78 is 13.4. The van der Waals surface area contributed by atoms with Crippen LogP contribution in [0.3, 0.4) is 0 Å². The molecule has 0 atom stereocenters. The number of rotatable bonds is 4. The van der Waals surface area contributed by atoms with Crippen molar-refractivity contribution in [2.24, 2.45) is 0 Å². The molecule has 2 aromatic rings. The second kappa shape index (κ2) is 9.42. The lowest BCUT2D eigenvalue weighted by atomic mass is 9.99. The summed E-state index contributed by atoms with van der Waals surface area (Å²) in [4.78, 5) is 34.2. The van der Waals surface area contributed by atoms with Crippen molar-refractivity contribution in [1.29, 1.82) is 0 Å². The van der Waals surface area contributed by atoms with Gasteiger partial charge >= 0.3 is 12.1 Å². The highest BCUT2D eigenvalue weighted by Crippen LogP contribution is 2.26. The van der Waals surface area contributed by atoms with Crippen LogP contribution >= 0.6 is 0 Å². The molecular formula is C25H30FN5O3. The van der Waals surface area contributed by atoms with Crippen molar-refractivity contribution in [3.63, 3.8) is 0 Å². The van der Waals surface area contributed by atoms with Gasteiger partial charge in [0, 0.05) is 32.4 Å². The summed E-state index contributed by atoms with van der Waals surface area (Å²) in [6.45, 7) is 5.42. The van der Waals surface area contributed by atoms with E-state index in [4.69, 9.17) is 0 Å². The zero-order valence-corrected chi connectivity index (χ0v) is 19.7. The van der Waals surface area contributed by atoms with Gasteiger partial charge in [0.1, 0.15) is 5.82 Å². The van der Waals surface area contributed by atoms with E-state index in [1.165, 1.54) is 12.3 Å². The average molecular weight is 468 g/mol. The number of carbonyl (C=O) groups is 2. The van der Waals surface area contributed by atoms with Crippen molar-refractivity contribution in [3.05, 3.63) is 65.2 Å². The Hall–Kier alpha value is -3.46. The molecule has 0 fully saturated rings. The topological polar surface area (TPSA) is 89.0 Å². The average Bonchev–Trinajstić information content (AvgIpc) is 3.21. The summed E-state index contributed by atoms with van der Waals surface area (Å²) in [5.41, 5.74) is 3.37. The van der Waals surface area contributed by atoms with E-state index < -0.39 is 11.4 Å². The highest BCUT2D eigenvalue weighted by Gasteiger charge is 2.26. The largest absolute Gasteiger partial charge is 0.389 e. The summed E-state index contributed by atoms with van der Waals surface area (Å²) in [6.07, 6.45) is 3.94. The standard InChI is InChI=1S/C25H30FN5O3/c1-25(2,34)16-29(3)24(33)30-10-8-18(9-11-30)17-4-6-21(7-5-17)28-23(32)31-14-19-12-20(26)13-27-22(19)15-31/h4-8,12-13,34H,9-11,14-16H2,1-3H3,(H,28,32). The second-order valence-corrected chi connectivity index (χ2v) is 9.50. The molecule has 0 spiro atoms. The third-order valence-electron chi connectivity index (χ3n) is 5.95. The van der Waals surface area contributed by atoms with Crippen LogP contribution in [-0.4, -0.2) is 69.1 Å². The smallest absolute Gasteiger partial charge is 0.322 e. The molecule has 0 saturated heterocycles. The van der Waals surface area contributed by atoms with Crippen LogP contribution in [0.5, 0.6) is 0 Å². The SMILES string of the molecule is CN(CC(C)(C)O)C(=O)N1CC=C(c2ccc(NC(=O)N3Cc4cc(F)cnc4C3)cc2)CC1. The number of hydrogen-bond donors (Lipinski definition) is 2. The number of nitrogens with one attached hydrogen (secondary N) is 1. The molecule has 0 saturated carbocycles. The lowest BCUT2D eigenvalue weighted by Gasteiger charge is -2.33. The van der Waals surface area contributed by atoms with Crippen LogP contribution < -0.4 is 5.32 Å². The van der Waals surface area contributed by atoms with E-state index in [1.807, 2.05) is 30.3 Å². The molecule has 1 aromatic heterocycles. The third-order valence-corrected chi connectivity index (χ3v) is 5.95. The van der Waals surface area contributed by atoms with Gasteiger partial charge in [-0.05, 0) is 55.2 Å². The van der Waals surface area contributed by atoms with Crippen LogP contribution in [0.4, 0.5) is 19.7 Å². The number of aromatic nitrogens is 1. The molecule has 4 amide bonds. The molecule has 180 valence electrons. The van der Waals surface area contributed by atoms with Gasteiger partial charge in [0.05, 0.1) is 30.6 Å². The Balaban J connectivity index is 1.32. The number of hydrogen-bond acceptors (Lipinski definition) is 4. The predicted octanol–water partition coefficient (Wildman–Crippen LogP) is 3.68. The van der Waals surface area contributed by atoms with Gasteiger partial charge in [0.15, 0.2) is 0 Å². The summed E-state index contributed by atoms with van der Waals surface area (Å²) in [5.74, 6) is -0.401. The van der Waals surface area contributed by atoms with Gasteiger partial charge in [-0.2, -0.15) is 0 Å². The molecule has 0 bridgehead atoms. The van der Waals surface area contributed by atoms with E-state index in [1.54, 1.807) is 35.6 Å². The number of nitrogens with zero attached hydrogens (tertiary/aromatic N) is 4. The molecule has 3 heterocycles. The highest BCUT2D eigenvalue weighted by molar-refractivity contribution is 5.90. The van der Waals surface area contributed by atoms with Gasteiger partial charge in [-0.25, -0.2) is 14.0 Å². The van der Waals surface area contributed by atoms with Gasteiger partial charge in [-0.3, -0.25) is 4.98 Å². The maximum Gasteiger partial charge on any atom is 0.322 e. The predicted molar refractivity (Wildman–Crippen MR) is 127 cm³/mol. The normalized spacial score (nSPS) is 15.6. The van der Waals surface area contributed by atoms with Crippen LogP contribution in [-0.2, 0) is 13.1 Å². The van der Waals surface area contributed by atoms with Crippen molar-refractivity contribution >= 4 is 23.3 Å². The van der Waals surface area contributed by atoms with Crippen molar-refractivity contribution < 1.29 is 19.1 Å². The van der Waals surface area contributed by atoms with Crippen molar-refractivity contribution in [3.8, 4) is 0 Å². The fourth-order valence-corrected chi connectivity index (χ4v) is 4.34. The number of pyridine rings is 1. The summed E-state index contributed by atoms with van der Waals surface area (Å²) in [7, 11) is 1.70. The first-order valence-electron chi connectivity index (χ1n) is 11.3. The Morgan fingerprint density at radius 3 is 2.59 bits per heavy atom. The maximum atomic E-state index is 13.4. The number of carbonyl (C=O) groups excluding carboxylic acids is 2. The number of aliphatic hydroxyl groups is 1. The minimum absolute atomic E-state index is 0.0995. The molecule has 0 unspecified atom stereocenters. The first kappa shape index (κ1) is 23.7. The number of amides is 4. The molecule has 2 N–H and O–H groups in total. The van der Waals surface area contributed by atoms with E-state index in [0.717, 1.165) is 28.8 Å². The van der Waals surface area contributed by atoms with Gasteiger partial charge < -0.3 is 25.1 Å². The van der Waals surface area contributed by atoms with Gasteiger partial charge in [-0.1, -0.05) is 18.2 Å². The Morgan fingerprint density at radius 2 is 1.94 bits per heavy atom. The van der Waals surface area contributed by atoms with Gasteiger partial charge in [0.25, 0.3) is 0 Å². The third kappa shape index (κ3) is 5.53. The van der Waals surface area contributed by atoms with Crippen molar-refractivity contribution in [2.45, 2.75) is 39.0 Å². The van der Waals surface area contributed by atoms with E-state index in [2.05, 4.69) is 10.3 Å². The Bertz CT molecular complexity index is 1110. The van der Waals surface area contributed by atoms with E-state index in [0.29, 0.717) is 31.9 Å². The Morgan fingerprint density at radius 1 is 1.21 bits per heavy atom. The van der Waals surface area contributed by atoms with Crippen LogP contribution in [0.15, 0.2) is 42.6 Å². The van der Waals surface area contributed by atoms with Gasteiger partial charge in [0.2, 0.25) is 0 Å². The van der Waals surface area contributed by atoms with Crippen LogP contribution in [0, 0.1) is 5.82 Å². The fraction of sp³-hybridized carbons (Fsp3) is 0.400. The number of urea groups is 2. The van der Waals surface area contributed by atoms with Crippen molar-refractivity contribution in [1.82, 2.24) is 19.7 Å². The number of likely N-dealkylation sites (N-methyl/N-ethyl adjacent to an activating group) is 1. The summed E-state index contributed by atoms with van der Waals surface area (Å²) in [5, 5.41) is 12.8. The van der Waals surface area contributed by atoms with Gasteiger partial charge in [-0.15, -0.1) is 0 Å². The number of halogens is 1. The second-order valence-electron chi connectivity index (χ2n) is 9.50. The molecule has 2 aliphatic heterocycles. The first-order chi connectivity index (χ1) is 16.1. The number of benzene rings is 1. The Labute approximate surface area is 198 Å². The van der Waals surface area contributed by atoms with E-state index >= 15 is 0 Å². The molecule has 9 heteroatoms. The first-order valence-corrected chi connectivity index (χ1v) is 11.3. The fourth-order valence-electron chi connectivity index (χ4n) is 4.34. The maximum absolute atomic E-state index is 13.4. The van der Waals surface area contributed by atoms with E-state index in [9.17, 15) is 19.1 Å². The van der Waals surface area contributed by atoms with E-state index in [-0.39, 0.29) is 18.6 Å². The zero-order valence-electron chi connectivity index (χ0n) is 19.7. The molecule has 4 rings (SSSR count). The molecule has 0 aliphatic carbocycles. The minimum atomic E-state index is -0.939. The molecule has 34 heavy (non-hydrogen) atoms. The van der Waals surface area contributed by atoms with Crippen molar-refractivity contribution in [2.75, 3.05) is 32.0 Å². The quantitative estimate of drug-likeness (QED) is 0.718. The molecule has 1 aromatic carbocycles. The molecule has 8 nitrogen and oxygen atoms in total. The van der Waals surface area contributed by atoms with Crippen LogP contribution in [0.1, 0.15) is 37.1 Å². The Kier molecular flexibility index (Phi) is 6.56. The number of fused-ring (bicyclic) bond motifs is 1. The molecular weight excluding hydrogens is 437 g/mol. The minimum Gasteiger partial charge on any atom is -0.389 e. The zero-order chi connectivity index (χ0) is 24.5. The lowest BCUT2D eigenvalue weighted by molar-refractivity contribution is 0.0477. The highest BCUT2D eigenvalue weighted by atomic mass is 19.1. The number of anilines is 1. The summed E-state index contributed by atoms with van der Waals surface area (Å²) in [6, 6.07) is 8.67. The molecule has 0 radical (unpaired) electrons. The monoisotopic (exact) mass is 467 g/mol.